The molecule has 2 heterocycles. The Morgan fingerprint density at radius 1 is 1.43 bits per heavy atom. The summed E-state index contributed by atoms with van der Waals surface area (Å²) in [7, 11) is 0. The number of anilines is 1. The Hall–Kier alpha value is -2.68. The molecule has 112 valence electrons. The molecule has 1 amide bonds. The van der Waals surface area contributed by atoms with Gasteiger partial charge >= 0.3 is 5.97 Å². The van der Waals surface area contributed by atoms with Crippen molar-refractivity contribution >= 4 is 17.6 Å². The maximum Gasteiger partial charge on any atom is 0.354 e. The Morgan fingerprint density at radius 2 is 2.24 bits per heavy atom. The zero-order valence-electron chi connectivity index (χ0n) is 11.4. The molecule has 0 aromatic carbocycles. The number of carboxylic acid groups (broad SMARTS) is 1. The zero-order valence-corrected chi connectivity index (χ0v) is 11.4. The number of amides is 1. The number of carboxylic acids is 1. The van der Waals surface area contributed by atoms with Crippen LogP contribution in [0.25, 0.3) is 0 Å². The smallest absolute Gasteiger partial charge is 0.354 e. The van der Waals surface area contributed by atoms with Gasteiger partial charge in [0.05, 0.1) is 18.1 Å². The Labute approximate surface area is 120 Å². The van der Waals surface area contributed by atoms with Gasteiger partial charge in [-0.2, -0.15) is 10.2 Å². The van der Waals surface area contributed by atoms with Crippen LogP contribution in [0.4, 0.5) is 5.69 Å². The van der Waals surface area contributed by atoms with E-state index in [-0.39, 0.29) is 12.2 Å². The van der Waals surface area contributed by atoms with Crippen LogP contribution in [0.15, 0.2) is 24.7 Å². The van der Waals surface area contributed by atoms with E-state index in [0.29, 0.717) is 19.0 Å². The molecule has 0 aliphatic heterocycles. The van der Waals surface area contributed by atoms with Gasteiger partial charge in [0.1, 0.15) is 19.0 Å². The second-order valence-corrected chi connectivity index (χ2v) is 4.12. The predicted molar refractivity (Wildman–Crippen MR) is 71.7 cm³/mol. The number of hydrogen-bond donors (Lipinski definition) is 2. The summed E-state index contributed by atoms with van der Waals surface area (Å²) in [6, 6.07) is 1.33. The fourth-order valence-electron chi connectivity index (χ4n) is 1.66. The first-order valence-electron chi connectivity index (χ1n) is 6.25. The summed E-state index contributed by atoms with van der Waals surface area (Å²) in [6.07, 6.45) is 4.43. The van der Waals surface area contributed by atoms with Gasteiger partial charge in [-0.25, -0.2) is 14.2 Å². The molecule has 0 spiro atoms. The summed E-state index contributed by atoms with van der Waals surface area (Å²) in [5, 5.41) is 19.3. The number of nitrogens with one attached hydrogen (secondary N) is 1. The van der Waals surface area contributed by atoms with Crippen molar-refractivity contribution in [1.82, 2.24) is 19.6 Å². The van der Waals surface area contributed by atoms with Gasteiger partial charge in [0.2, 0.25) is 5.91 Å². The Morgan fingerprint density at radius 3 is 2.95 bits per heavy atom. The van der Waals surface area contributed by atoms with Gasteiger partial charge < -0.3 is 15.2 Å². The van der Waals surface area contributed by atoms with Crippen molar-refractivity contribution in [2.24, 2.45) is 0 Å². The van der Waals surface area contributed by atoms with Crippen molar-refractivity contribution in [3.63, 3.8) is 0 Å². The van der Waals surface area contributed by atoms with E-state index in [0.717, 1.165) is 4.68 Å². The number of carbonyl (C=O) groups is 2. The van der Waals surface area contributed by atoms with E-state index in [9.17, 15) is 9.59 Å². The minimum absolute atomic E-state index is 0.0443. The summed E-state index contributed by atoms with van der Waals surface area (Å²) in [5.74, 6) is -1.53. The number of rotatable bonds is 7. The van der Waals surface area contributed by atoms with Crippen LogP contribution in [0.3, 0.4) is 0 Å². The molecule has 0 fully saturated rings. The van der Waals surface area contributed by atoms with Crippen molar-refractivity contribution < 1.29 is 19.4 Å². The molecule has 2 aromatic heterocycles. The second-order valence-electron chi connectivity index (χ2n) is 4.12. The molecular formula is C12H15N5O4. The van der Waals surface area contributed by atoms with Crippen LogP contribution in [0, 0.1) is 0 Å². The van der Waals surface area contributed by atoms with E-state index < -0.39 is 11.9 Å². The third-order valence-corrected chi connectivity index (χ3v) is 2.57. The van der Waals surface area contributed by atoms with Crippen LogP contribution in [0.2, 0.25) is 0 Å². The Bertz CT molecular complexity index is 633. The summed E-state index contributed by atoms with van der Waals surface area (Å²) >= 11 is 0. The minimum Gasteiger partial charge on any atom is -0.477 e. The monoisotopic (exact) mass is 293 g/mol. The second kappa shape index (κ2) is 6.66. The number of hydrogen-bond acceptors (Lipinski definition) is 5. The van der Waals surface area contributed by atoms with Crippen LogP contribution in [0.5, 0.6) is 0 Å². The Kier molecular flexibility index (Phi) is 4.67. The minimum atomic E-state index is -1.13. The van der Waals surface area contributed by atoms with Crippen LogP contribution in [0.1, 0.15) is 17.4 Å². The maximum atomic E-state index is 11.8. The zero-order chi connectivity index (χ0) is 15.2. The van der Waals surface area contributed by atoms with Crippen LogP contribution < -0.4 is 5.32 Å². The lowest BCUT2D eigenvalue weighted by Crippen LogP contribution is -2.22. The molecule has 0 bridgehead atoms. The average molecular weight is 293 g/mol. The number of aromatic carboxylic acids is 1. The third-order valence-electron chi connectivity index (χ3n) is 2.57. The number of aromatic nitrogens is 4. The molecule has 0 aliphatic rings. The van der Waals surface area contributed by atoms with Crippen LogP contribution >= 0.6 is 0 Å². The first-order chi connectivity index (χ1) is 10.1. The van der Waals surface area contributed by atoms with E-state index in [1.54, 1.807) is 6.20 Å². The quantitative estimate of drug-likeness (QED) is 0.765. The molecule has 0 atom stereocenters. The van der Waals surface area contributed by atoms with Gasteiger partial charge in [-0.05, 0) is 13.0 Å². The maximum absolute atomic E-state index is 11.8. The van der Waals surface area contributed by atoms with Gasteiger partial charge in [0.15, 0.2) is 0 Å². The van der Waals surface area contributed by atoms with Crippen molar-refractivity contribution in [1.29, 1.82) is 0 Å². The third kappa shape index (κ3) is 3.89. The summed E-state index contributed by atoms with van der Waals surface area (Å²) in [5.41, 5.74) is 0.459. The lowest BCUT2D eigenvalue weighted by molar-refractivity contribution is -0.116. The standard InChI is InChI=1S/C12H15N5O4/c1-2-21-8-16-6-9(5-14-16)15-11(18)7-17-10(12(19)20)3-4-13-17/h3-6H,2,7-8H2,1H3,(H,15,18)(H,19,20). The fourth-order valence-corrected chi connectivity index (χ4v) is 1.66. The predicted octanol–water partition coefficient (Wildman–Crippen LogP) is 0.410. The highest BCUT2D eigenvalue weighted by molar-refractivity contribution is 5.91. The SMILES string of the molecule is CCOCn1cc(NC(=O)Cn2nccc2C(=O)O)cn1. The molecule has 0 unspecified atom stereocenters. The molecule has 9 heteroatoms. The van der Waals surface area contributed by atoms with E-state index in [4.69, 9.17) is 9.84 Å². The molecule has 0 saturated carbocycles. The summed E-state index contributed by atoms with van der Waals surface area (Å²) in [4.78, 5) is 22.8. The highest BCUT2D eigenvalue weighted by Gasteiger charge is 2.13. The van der Waals surface area contributed by atoms with E-state index in [1.165, 1.54) is 23.1 Å². The summed E-state index contributed by atoms with van der Waals surface area (Å²) in [6.45, 7) is 2.55. The highest BCUT2D eigenvalue weighted by Crippen LogP contribution is 2.06. The van der Waals surface area contributed by atoms with Crippen molar-refractivity contribution in [3.8, 4) is 0 Å². The molecule has 0 saturated heterocycles. The molecule has 0 aliphatic carbocycles. The summed E-state index contributed by atoms with van der Waals surface area (Å²) < 4.78 is 7.82. The first-order valence-corrected chi connectivity index (χ1v) is 6.25. The van der Waals surface area contributed by atoms with E-state index >= 15 is 0 Å². The molecular weight excluding hydrogens is 278 g/mol. The number of carbonyl (C=O) groups excluding carboxylic acids is 1. The number of nitrogens with zero attached hydrogens (tertiary/aromatic N) is 4. The highest BCUT2D eigenvalue weighted by atomic mass is 16.5. The molecule has 21 heavy (non-hydrogen) atoms. The van der Waals surface area contributed by atoms with Crippen molar-refractivity contribution in [2.45, 2.75) is 20.2 Å². The average Bonchev–Trinajstić information content (AvgIpc) is 3.05. The van der Waals surface area contributed by atoms with Crippen molar-refractivity contribution in [2.75, 3.05) is 11.9 Å². The number of ether oxygens (including phenoxy) is 1. The molecule has 2 rings (SSSR count). The first kappa shape index (κ1) is 14.7. The molecule has 2 aromatic rings. The van der Waals surface area contributed by atoms with Gasteiger partial charge in [-0.3, -0.25) is 4.79 Å². The topological polar surface area (TPSA) is 111 Å². The van der Waals surface area contributed by atoms with Crippen LogP contribution in [-0.4, -0.2) is 43.2 Å². The molecule has 9 nitrogen and oxygen atoms in total. The fraction of sp³-hybridized carbons (Fsp3) is 0.333. The van der Waals surface area contributed by atoms with E-state index in [2.05, 4.69) is 15.5 Å². The lowest BCUT2D eigenvalue weighted by atomic mass is 10.4. The van der Waals surface area contributed by atoms with Crippen molar-refractivity contribution in [3.05, 3.63) is 30.4 Å². The van der Waals surface area contributed by atoms with Gasteiger partial charge in [-0.15, -0.1) is 0 Å². The molecule has 2 N–H and O–H groups in total. The molecule has 0 radical (unpaired) electrons. The van der Waals surface area contributed by atoms with Gasteiger partial charge in [-0.1, -0.05) is 0 Å². The van der Waals surface area contributed by atoms with Crippen LogP contribution in [-0.2, 0) is 22.8 Å². The largest absolute Gasteiger partial charge is 0.477 e. The van der Waals surface area contributed by atoms with Gasteiger partial charge in [0.25, 0.3) is 0 Å². The normalized spacial score (nSPS) is 10.5. The Balaban J connectivity index is 1.93. The van der Waals surface area contributed by atoms with Gasteiger partial charge in [0, 0.05) is 12.8 Å². The van der Waals surface area contributed by atoms with E-state index in [1.807, 2.05) is 6.92 Å². The lowest BCUT2D eigenvalue weighted by Gasteiger charge is -2.04.